The van der Waals surface area contributed by atoms with Gasteiger partial charge in [-0.1, -0.05) is 13.8 Å². The first kappa shape index (κ1) is 15.5. The van der Waals surface area contributed by atoms with Gasteiger partial charge in [-0.05, 0) is 24.1 Å². The van der Waals surface area contributed by atoms with Crippen molar-refractivity contribution in [2.45, 2.75) is 13.8 Å². The molecule has 0 saturated heterocycles. The van der Waals surface area contributed by atoms with Gasteiger partial charge < -0.3 is 9.84 Å². The fourth-order valence-corrected chi connectivity index (χ4v) is 1.78. The molecule has 1 aromatic heterocycles. The molecule has 0 amide bonds. The largest absolute Gasteiger partial charge is 0.487 e. The molecule has 2 rings (SSSR count). The van der Waals surface area contributed by atoms with Crippen molar-refractivity contribution in [1.82, 2.24) is 10.2 Å². The summed E-state index contributed by atoms with van der Waals surface area (Å²) < 4.78 is 5.43. The first-order valence-corrected chi connectivity index (χ1v) is 6.58. The number of aromatic nitrogens is 2. The molecule has 0 saturated carbocycles. The molecule has 0 spiro atoms. The molecule has 1 heterocycles. The molecule has 0 bridgehead atoms. The monoisotopic (exact) mass is 305 g/mol. The van der Waals surface area contributed by atoms with Crippen molar-refractivity contribution in [1.29, 1.82) is 0 Å². The smallest absolute Gasteiger partial charge is 0.353 e. The van der Waals surface area contributed by atoms with Gasteiger partial charge in [0, 0.05) is 11.6 Å². The van der Waals surface area contributed by atoms with Crippen LogP contribution in [0.15, 0.2) is 24.3 Å². The van der Waals surface area contributed by atoms with Crippen LogP contribution in [0.1, 0.15) is 24.3 Å². The Kier molecular flexibility index (Phi) is 4.40. The van der Waals surface area contributed by atoms with Gasteiger partial charge in [0.1, 0.15) is 5.69 Å². The minimum atomic E-state index is -1.15. The van der Waals surface area contributed by atoms with Gasteiger partial charge in [0.25, 0.3) is 0 Å². The second kappa shape index (κ2) is 6.25. The molecule has 0 aliphatic rings. The summed E-state index contributed by atoms with van der Waals surface area (Å²) in [5, 5.41) is 26.2. The van der Waals surface area contributed by atoms with Crippen LogP contribution < -0.4 is 4.74 Å². The summed E-state index contributed by atoms with van der Waals surface area (Å²) in [6, 6.07) is 5.73. The summed E-state index contributed by atoms with van der Waals surface area (Å²) >= 11 is 0. The number of carboxylic acids is 1. The molecule has 8 nitrogen and oxygen atoms in total. The lowest BCUT2D eigenvalue weighted by Crippen LogP contribution is -2.06. The zero-order valence-corrected chi connectivity index (χ0v) is 12.1. The third kappa shape index (κ3) is 3.40. The summed E-state index contributed by atoms with van der Waals surface area (Å²) in [4.78, 5) is 21.5. The highest BCUT2D eigenvalue weighted by Gasteiger charge is 2.18. The highest BCUT2D eigenvalue weighted by Crippen LogP contribution is 2.32. The lowest BCUT2D eigenvalue weighted by molar-refractivity contribution is -0.385. The van der Waals surface area contributed by atoms with Crippen molar-refractivity contribution in [3.05, 3.63) is 40.1 Å². The second-order valence-electron chi connectivity index (χ2n) is 5.12. The first-order valence-electron chi connectivity index (χ1n) is 6.58. The van der Waals surface area contributed by atoms with E-state index in [4.69, 9.17) is 9.84 Å². The number of hydrogen-bond donors (Lipinski definition) is 2. The molecule has 0 aliphatic carbocycles. The average Bonchev–Trinajstić information content (AvgIpc) is 2.94. The van der Waals surface area contributed by atoms with Crippen LogP contribution in [0.3, 0.4) is 0 Å². The summed E-state index contributed by atoms with van der Waals surface area (Å²) in [7, 11) is 0. The zero-order chi connectivity index (χ0) is 16.3. The van der Waals surface area contributed by atoms with E-state index < -0.39 is 10.9 Å². The first-order chi connectivity index (χ1) is 10.4. The van der Waals surface area contributed by atoms with Crippen molar-refractivity contribution in [2.75, 3.05) is 6.61 Å². The number of ether oxygens (including phenoxy) is 1. The molecule has 116 valence electrons. The number of nitrogens with one attached hydrogen (secondary N) is 1. The number of hydrogen-bond acceptors (Lipinski definition) is 5. The quantitative estimate of drug-likeness (QED) is 0.625. The predicted octanol–water partition coefficient (Wildman–Crippen LogP) is 2.72. The lowest BCUT2D eigenvalue weighted by atomic mass is 10.1. The zero-order valence-electron chi connectivity index (χ0n) is 12.1. The fourth-order valence-electron chi connectivity index (χ4n) is 1.78. The normalized spacial score (nSPS) is 10.7. The maximum atomic E-state index is 11.2. The van der Waals surface area contributed by atoms with E-state index in [1.807, 2.05) is 13.8 Å². The summed E-state index contributed by atoms with van der Waals surface area (Å²) in [6.07, 6.45) is 0. The van der Waals surface area contributed by atoms with E-state index in [1.165, 1.54) is 18.2 Å². The molecular weight excluding hydrogens is 290 g/mol. The highest BCUT2D eigenvalue weighted by atomic mass is 16.6. The van der Waals surface area contributed by atoms with Gasteiger partial charge in [0.15, 0.2) is 5.75 Å². The molecule has 0 aliphatic heterocycles. The van der Waals surface area contributed by atoms with Crippen LogP contribution in [0.2, 0.25) is 0 Å². The average molecular weight is 305 g/mol. The number of rotatable bonds is 6. The van der Waals surface area contributed by atoms with Crippen molar-refractivity contribution in [3.63, 3.8) is 0 Å². The Morgan fingerprint density at radius 1 is 1.45 bits per heavy atom. The van der Waals surface area contributed by atoms with Crippen molar-refractivity contribution in [2.24, 2.45) is 5.92 Å². The van der Waals surface area contributed by atoms with Crippen LogP contribution in [-0.4, -0.2) is 32.8 Å². The van der Waals surface area contributed by atoms with Gasteiger partial charge in [0.2, 0.25) is 0 Å². The van der Waals surface area contributed by atoms with Crippen LogP contribution in [0.4, 0.5) is 5.69 Å². The van der Waals surface area contributed by atoms with Crippen LogP contribution >= 0.6 is 0 Å². The minimum absolute atomic E-state index is 0.0854. The molecule has 0 fully saturated rings. The Morgan fingerprint density at radius 2 is 2.18 bits per heavy atom. The molecular formula is C14H15N3O5. The highest BCUT2D eigenvalue weighted by molar-refractivity contribution is 5.87. The Labute approximate surface area is 125 Å². The molecule has 8 heteroatoms. The van der Waals surface area contributed by atoms with Crippen LogP contribution in [0.5, 0.6) is 5.75 Å². The topological polar surface area (TPSA) is 118 Å². The number of nitrogens with zero attached hydrogens (tertiary/aromatic N) is 2. The number of nitro groups is 1. The van der Waals surface area contributed by atoms with Gasteiger partial charge in [0.05, 0.1) is 17.2 Å². The third-order valence-electron chi connectivity index (χ3n) is 2.83. The predicted molar refractivity (Wildman–Crippen MR) is 78.0 cm³/mol. The Bertz CT molecular complexity index is 708. The van der Waals surface area contributed by atoms with Gasteiger partial charge in [-0.3, -0.25) is 15.2 Å². The van der Waals surface area contributed by atoms with E-state index in [2.05, 4.69) is 10.2 Å². The molecule has 1 aromatic carbocycles. The van der Waals surface area contributed by atoms with E-state index in [9.17, 15) is 14.9 Å². The Hall–Kier alpha value is -2.90. The van der Waals surface area contributed by atoms with E-state index in [0.29, 0.717) is 17.9 Å². The van der Waals surface area contributed by atoms with E-state index in [1.54, 1.807) is 6.07 Å². The van der Waals surface area contributed by atoms with E-state index >= 15 is 0 Å². The molecule has 2 aromatic rings. The Morgan fingerprint density at radius 3 is 2.73 bits per heavy atom. The van der Waals surface area contributed by atoms with Crippen LogP contribution in [0.25, 0.3) is 11.3 Å². The lowest BCUT2D eigenvalue weighted by Gasteiger charge is -2.09. The molecule has 22 heavy (non-hydrogen) atoms. The number of carboxylic acid groups (broad SMARTS) is 1. The standard InChI is InChI=1S/C14H15N3O5/c1-8(2)7-22-13-4-3-9(5-12(13)17(20)21)10-6-11(14(18)19)16-15-10/h3-6,8H,7H2,1-2H3,(H,15,16)(H,18,19). The van der Waals surface area contributed by atoms with Gasteiger partial charge in [-0.2, -0.15) is 5.10 Å². The van der Waals surface area contributed by atoms with Crippen molar-refractivity contribution in [3.8, 4) is 17.0 Å². The van der Waals surface area contributed by atoms with Gasteiger partial charge >= 0.3 is 11.7 Å². The summed E-state index contributed by atoms with van der Waals surface area (Å²) in [5.41, 5.74) is 0.485. The molecule has 0 atom stereocenters. The maximum Gasteiger partial charge on any atom is 0.353 e. The summed E-state index contributed by atoms with van der Waals surface area (Å²) in [6.45, 7) is 4.25. The molecule has 0 unspecified atom stereocenters. The van der Waals surface area contributed by atoms with Crippen LogP contribution in [0, 0.1) is 16.0 Å². The minimum Gasteiger partial charge on any atom is -0.487 e. The van der Waals surface area contributed by atoms with Crippen LogP contribution in [-0.2, 0) is 0 Å². The maximum absolute atomic E-state index is 11.2. The van der Waals surface area contributed by atoms with Crippen molar-refractivity contribution < 1.29 is 19.6 Å². The Balaban J connectivity index is 2.35. The third-order valence-corrected chi connectivity index (χ3v) is 2.83. The van der Waals surface area contributed by atoms with Crippen molar-refractivity contribution >= 4 is 11.7 Å². The van der Waals surface area contributed by atoms with E-state index in [-0.39, 0.29) is 23.0 Å². The number of benzene rings is 1. The number of nitro benzene ring substituents is 1. The number of carbonyl (C=O) groups is 1. The molecule has 0 radical (unpaired) electrons. The van der Waals surface area contributed by atoms with E-state index in [0.717, 1.165) is 0 Å². The summed E-state index contributed by atoms with van der Waals surface area (Å²) in [5.74, 6) is -0.731. The number of H-pyrrole nitrogens is 1. The second-order valence-corrected chi connectivity index (χ2v) is 5.12. The van der Waals surface area contributed by atoms with Gasteiger partial charge in [-0.25, -0.2) is 4.79 Å². The van der Waals surface area contributed by atoms with Gasteiger partial charge in [-0.15, -0.1) is 0 Å². The fraction of sp³-hybridized carbons (Fsp3) is 0.286. The number of aromatic carboxylic acids is 1. The molecule has 2 N–H and O–H groups in total. The number of aromatic amines is 1. The SMILES string of the molecule is CC(C)COc1ccc(-c2cc(C(=O)O)[nH]n2)cc1[N+](=O)[O-].